The Morgan fingerprint density at radius 2 is 1.95 bits per heavy atom. The van der Waals surface area contributed by atoms with Crippen molar-refractivity contribution in [1.82, 2.24) is 14.7 Å². The van der Waals surface area contributed by atoms with Gasteiger partial charge in [-0.1, -0.05) is 19.1 Å². The third-order valence-electron chi connectivity index (χ3n) is 3.14. The molecule has 1 atom stereocenters. The van der Waals surface area contributed by atoms with Gasteiger partial charge in [-0.05, 0) is 30.2 Å². The molecule has 1 heterocycles. The summed E-state index contributed by atoms with van der Waals surface area (Å²) in [6.07, 6.45) is 2.00. The fourth-order valence-corrected chi connectivity index (χ4v) is 1.90. The molecular weight excluding hydrogens is 254 g/mol. The Balaban J connectivity index is 2.22. The standard InChI is InChI=1S/C15H19N3O2/c1-4-14(19)11-5-7-12(8-6-11)18-10-9-13(16-18)15(20)17(2)3/h5-10,14,19H,4H2,1-3H3/t14-/m1/s1. The molecule has 2 rings (SSSR count). The minimum Gasteiger partial charge on any atom is -0.388 e. The van der Waals surface area contributed by atoms with Crippen molar-refractivity contribution < 1.29 is 9.90 Å². The van der Waals surface area contributed by atoms with Gasteiger partial charge in [0.1, 0.15) is 0 Å². The van der Waals surface area contributed by atoms with Gasteiger partial charge < -0.3 is 10.0 Å². The van der Waals surface area contributed by atoms with Crippen molar-refractivity contribution in [2.75, 3.05) is 14.1 Å². The predicted molar refractivity (Wildman–Crippen MR) is 76.8 cm³/mol. The molecular formula is C15H19N3O2. The number of aliphatic hydroxyl groups excluding tert-OH is 1. The van der Waals surface area contributed by atoms with Crippen LogP contribution < -0.4 is 0 Å². The molecule has 0 saturated carbocycles. The molecule has 1 amide bonds. The van der Waals surface area contributed by atoms with E-state index in [1.807, 2.05) is 31.2 Å². The number of aliphatic hydroxyl groups is 1. The van der Waals surface area contributed by atoms with E-state index < -0.39 is 6.10 Å². The van der Waals surface area contributed by atoms with Crippen molar-refractivity contribution in [1.29, 1.82) is 0 Å². The largest absolute Gasteiger partial charge is 0.388 e. The van der Waals surface area contributed by atoms with Gasteiger partial charge in [-0.2, -0.15) is 5.10 Å². The second-order valence-electron chi connectivity index (χ2n) is 4.86. The molecule has 5 heteroatoms. The first kappa shape index (κ1) is 14.3. The van der Waals surface area contributed by atoms with Crippen molar-refractivity contribution in [2.45, 2.75) is 19.4 Å². The highest BCUT2D eigenvalue weighted by Gasteiger charge is 2.12. The second kappa shape index (κ2) is 5.88. The van der Waals surface area contributed by atoms with E-state index in [1.165, 1.54) is 4.90 Å². The number of carbonyl (C=O) groups is 1. The smallest absolute Gasteiger partial charge is 0.273 e. The second-order valence-corrected chi connectivity index (χ2v) is 4.86. The first-order chi connectivity index (χ1) is 9.52. The van der Waals surface area contributed by atoms with Crippen LogP contribution in [-0.2, 0) is 0 Å². The van der Waals surface area contributed by atoms with Crippen molar-refractivity contribution >= 4 is 5.91 Å². The Labute approximate surface area is 118 Å². The zero-order chi connectivity index (χ0) is 14.7. The third-order valence-corrected chi connectivity index (χ3v) is 3.14. The summed E-state index contributed by atoms with van der Waals surface area (Å²) in [5.41, 5.74) is 2.15. The fourth-order valence-electron chi connectivity index (χ4n) is 1.90. The first-order valence-corrected chi connectivity index (χ1v) is 6.58. The summed E-state index contributed by atoms with van der Waals surface area (Å²) in [5, 5.41) is 14.0. The monoisotopic (exact) mass is 273 g/mol. The quantitative estimate of drug-likeness (QED) is 0.927. The lowest BCUT2D eigenvalue weighted by Crippen LogP contribution is -2.22. The van der Waals surface area contributed by atoms with Gasteiger partial charge in [0, 0.05) is 20.3 Å². The van der Waals surface area contributed by atoms with Gasteiger partial charge in [0.15, 0.2) is 5.69 Å². The zero-order valence-corrected chi connectivity index (χ0v) is 11.9. The van der Waals surface area contributed by atoms with Crippen LogP contribution in [0.15, 0.2) is 36.5 Å². The Kier molecular flexibility index (Phi) is 4.20. The minimum absolute atomic E-state index is 0.123. The van der Waals surface area contributed by atoms with Crippen LogP contribution in [0.3, 0.4) is 0 Å². The van der Waals surface area contributed by atoms with E-state index in [1.54, 1.807) is 31.0 Å². The maximum Gasteiger partial charge on any atom is 0.273 e. The summed E-state index contributed by atoms with van der Waals surface area (Å²) in [4.78, 5) is 13.3. The molecule has 106 valence electrons. The van der Waals surface area contributed by atoms with Crippen LogP contribution in [0.1, 0.15) is 35.5 Å². The number of hydrogen-bond donors (Lipinski definition) is 1. The normalized spacial score (nSPS) is 12.2. The number of carbonyl (C=O) groups excluding carboxylic acids is 1. The van der Waals surface area contributed by atoms with Gasteiger partial charge in [-0.25, -0.2) is 4.68 Å². The highest BCUT2D eigenvalue weighted by molar-refractivity contribution is 5.91. The van der Waals surface area contributed by atoms with E-state index in [9.17, 15) is 9.90 Å². The summed E-state index contributed by atoms with van der Waals surface area (Å²) in [6.45, 7) is 1.94. The predicted octanol–water partition coefficient (Wildman–Crippen LogP) is 2.02. The number of benzene rings is 1. The maximum atomic E-state index is 11.8. The van der Waals surface area contributed by atoms with Crippen LogP contribution >= 0.6 is 0 Å². The van der Waals surface area contributed by atoms with Gasteiger partial charge >= 0.3 is 0 Å². The molecule has 0 fully saturated rings. The maximum absolute atomic E-state index is 11.8. The zero-order valence-electron chi connectivity index (χ0n) is 11.9. The molecule has 1 aromatic carbocycles. The van der Waals surface area contributed by atoms with Crippen LogP contribution in [0.5, 0.6) is 0 Å². The number of hydrogen-bond acceptors (Lipinski definition) is 3. The molecule has 0 aliphatic rings. The Hall–Kier alpha value is -2.14. The van der Waals surface area contributed by atoms with Crippen LogP contribution in [0.2, 0.25) is 0 Å². The molecule has 0 aliphatic carbocycles. The van der Waals surface area contributed by atoms with E-state index >= 15 is 0 Å². The Morgan fingerprint density at radius 3 is 2.50 bits per heavy atom. The molecule has 1 aromatic heterocycles. The lowest BCUT2D eigenvalue weighted by Gasteiger charge is -2.09. The van der Waals surface area contributed by atoms with Crippen LogP contribution in [0.25, 0.3) is 5.69 Å². The summed E-state index contributed by atoms with van der Waals surface area (Å²) >= 11 is 0. The van der Waals surface area contributed by atoms with Gasteiger partial charge in [-0.15, -0.1) is 0 Å². The Bertz CT molecular complexity index is 587. The third kappa shape index (κ3) is 2.88. The molecule has 20 heavy (non-hydrogen) atoms. The van der Waals surface area contributed by atoms with E-state index in [0.29, 0.717) is 12.1 Å². The minimum atomic E-state index is -0.437. The van der Waals surface area contributed by atoms with Gasteiger partial charge in [0.25, 0.3) is 5.91 Å². The number of nitrogens with zero attached hydrogens (tertiary/aromatic N) is 3. The van der Waals surface area contributed by atoms with Gasteiger partial charge in [0.05, 0.1) is 11.8 Å². The lowest BCUT2D eigenvalue weighted by molar-refractivity contribution is 0.0821. The molecule has 0 unspecified atom stereocenters. The number of rotatable bonds is 4. The molecule has 5 nitrogen and oxygen atoms in total. The molecule has 0 radical (unpaired) electrons. The highest BCUT2D eigenvalue weighted by atomic mass is 16.3. The molecule has 0 bridgehead atoms. The lowest BCUT2D eigenvalue weighted by atomic mass is 10.1. The molecule has 0 aliphatic heterocycles. The Morgan fingerprint density at radius 1 is 1.30 bits per heavy atom. The molecule has 0 saturated heterocycles. The summed E-state index contributed by atoms with van der Waals surface area (Å²) in [6, 6.07) is 9.20. The fraction of sp³-hybridized carbons (Fsp3) is 0.333. The molecule has 1 N–H and O–H groups in total. The van der Waals surface area contributed by atoms with Crippen molar-refractivity contribution in [2.24, 2.45) is 0 Å². The van der Waals surface area contributed by atoms with E-state index in [0.717, 1.165) is 11.3 Å². The molecule has 2 aromatic rings. The number of amides is 1. The van der Waals surface area contributed by atoms with E-state index in [4.69, 9.17) is 0 Å². The van der Waals surface area contributed by atoms with Crippen molar-refractivity contribution in [3.63, 3.8) is 0 Å². The summed E-state index contributed by atoms with van der Waals surface area (Å²) in [7, 11) is 3.39. The van der Waals surface area contributed by atoms with E-state index in [-0.39, 0.29) is 5.91 Å². The van der Waals surface area contributed by atoms with Crippen LogP contribution in [-0.4, -0.2) is 39.8 Å². The summed E-state index contributed by atoms with van der Waals surface area (Å²) in [5.74, 6) is -0.123. The van der Waals surface area contributed by atoms with E-state index in [2.05, 4.69) is 5.10 Å². The molecule has 0 spiro atoms. The van der Waals surface area contributed by atoms with Crippen molar-refractivity contribution in [3.8, 4) is 5.69 Å². The SMILES string of the molecule is CC[C@@H](O)c1ccc(-n2ccc(C(=O)N(C)C)n2)cc1. The average Bonchev–Trinajstić information content (AvgIpc) is 2.95. The first-order valence-electron chi connectivity index (χ1n) is 6.58. The topological polar surface area (TPSA) is 58.4 Å². The highest BCUT2D eigenvalue weighted by Crippen LogP contribution is 2.18. The van der Waals surface area contributed by atoms with Crippen molar-refractivity contribution in [3.05, 3.63) is 47.8 Å². The number of aromatic nitrogens is 2. The van der Waals surface area contributed by atoms with Crippen LogP contribution in [0, 0.1) is 0 Å². The van der Waals surface area contributed by atoms with Crippen LogP contribution in [0.4, 0.5) is 0 Å². The average molecular weight is 273 g/mol. The van der Waals surface area contributed by atoms with Gasteiger partial charge in [-0.3, -0.25) is 4.79 Å². The van der Waals surface area contributed by atoms with Gasteiger partial charge in [0.2, 0.25) is 0 Å². The summed E-state index contributed by atoms with van der Waals surface area (Å²) < 4.78 is 1.65.